The van der Waals surface area contributed by atoms with Crippen molar-refractivity contribution in [3.63, 3.8) is 0 Å². The summed E-state index contributed by atoms with van der Waals surface area (Å²) in [6.07, 6.45) is 4.00. The van der Waals surface area contributed by atoms with E-state index in [1.165, 1.54) is 11.8 Å². The predicted octanol–water partition coefficient (Wildman–Crippen LogP) is 0.388. The molecule has 4 nitrogen and oxygen atoms in total. The molecule has 1 heterocycles. The van der Waals surface area contributed by atoms with E-state index in [4.69, 9.17) is 5.73 Å². The molecule has 0 saturated heterocycles. The number of carbonyl (C=O) groups excluding carboxylic acids is 1. The summed E-state index contributed by atoms with van der Waals surface area (Å²) >= 11 is 1.53. The van der Waals surface area contributed by atoms with Gasteiger partial charge < -0.3 is 10.3 Å². The van der Waals surface area contributed by atoms with E-state index in [2.05, 4.69) is 4.98 Å². The van der Waals surface area contributed by atoms with Crippen molar-refractivity contribution < 1.29 is 4.79 Å². The second-order valence-electron chi connectivity index (χ2n) is 2.39. The Morgan fingerprint density at radius 2 is 2.58 bits per heavy atom. The van der Waals surface area contributed by atoms with Crippen LogP contribution in [0.4, 0.5) is 0 Å². The minimum Gasteiger partial charge on any atom is -0.370 e. The van der Waals surface area contributed by atoms with E-state index in [9.17, 15) is 4.79 Å². The number of aromatic nitrogens is 2. The number of aryl methyl sites for hydroxylation is 1. The molecule has 0 aliphatic rings. The maximum atomic E-state index is 10.4. The van der Waals surface area contributed by atoms with E-state index in [0.717, 1.165) is 5.16 Å². The minimum absolute atomic E-state index is 0.267. The molecule has 1 aromatic heterocycles. The first-order valence-electron chi connectivity index (χ1n) is 3.58. The van der Waals surface area contributed by atoms with E-state index in [0.29, 0.717) is 12.2 Å². The molecule has 0 fully saturated rings. The lowest BCUT2D eigenvalue weighted by atomic mass is 10.5. The monoisotopic (exact) mass is 185 g/mol. The highest BCUT2D eigenvalue weighted by atomic mass is 32.2. The number of hydrogen-bond acceptors (Lipinski definition) is 3. The van der Waals surface area contributed by atoms with Crippen LogP contribution in [0.1, 0.15) is 6.42 Å². The van der Waals surface area contributed by atoms with Crippen molar-refractivity contribution in [1.82, 2.24) is 9.55 Å². The Morgan fingerprint density at radius 1 is 1.83 bits per heavy atom. The average molecular weight is 185 g/mol. The summed E-state index contributed by atoms with van der Waals surface area (Å²) in [4.78, 5) is 14.5. The van der Waals surface area contributed by atoms with Crippen LogP contribution >= 0.6 is 11.8 Å². The Labute approximate surface area is 75.2 Å². The van der Waals surface area contributed by atoms with Crippen molar-refractivity contribution in [1.29, 1.82) is 0 Å². The lowest BCUT2D eigenvalue weighted by Crippen LogP contribution is -2.11. The summed E-state index contributed by atoms with van der Waals surface area (Å²) in [7, 11) is 1.92. The largest absolute Gasteiger partial charge is 0.370 e. The lowest BCUT2D eigenvalue weighted by Gasteiger charge is -1.98. The highest BCUT2D eigenvalue weighted by molar-refractivity contribution is 7.99. The van der Waals surface area contributed by atoms with Crippen LogP contribution in [0.5, 0.6) is 0 Å². The first-order chi connectivity index (χ1) is 5.70. The van der Waals surface area contributed by atoms with Crippen LogP contribution < -0.4 is 5.73 Å². The van der Waals surface area contributed by atoms with E-state index in [-0.39, 0.29) is 5.91 Å². The number of nitrogens with zero attached hydrogens (tertiary/aromatic N) is 2. The van der Waals surface area contributed by atoms with Gasteiger partial charge in [0.25, 0.3) is 0 Å². The lowest BCUT2D eigenvalue weighted by molar-refractivity contribution is -0.117. The van der Waals surface area contributed by atoms with Gasteiger partial charge in [-0.2, -0.15) is 0 Å². The number of primary amides is 1. The number of hydrogen-bond donors (Lipinski definition) is 1. The summed E-state index contributed by atoms with van der Waals surface area (Å²) in [5.74, 6) is 0.428. The third-order valence-electron chi connectivity index (χ3n) is 1.36. The Kier molecular flexibility index (Phi) is 3.16. The molecule has 66 valence electrons. The molecule has 5 heteroatoms. The summed E-state index contributed by atoms with van der Waals surface area (Å²) in [5, 5.41) is 0.913. The Hall–Kier alpha value is -0.970. The fraction of sp³-hybridized carbons (Fsp3) is 0.429. The first-order valence-corrected chi connectivity index (χ1v) is 4.57. The third kappa shape index (κ3) is 2.58. The maximum Gasteiger partial charge on any atom is 0.218 e. The van der Waals surface area contributed by atoms with Crippen molar-refractivity contribution in [3.8, 4) is 0 Å². The fourth-order valence-electron chi connectivity index (χ4n) is 0.734. The fourth-order valence-corrected chi connectivity index (χ4v) is 1.62. The van der Waals surface area contributed by atoms with Crippen molar-refractivity contribution in [2.24, 2.45) is 12.8 Å². The van der Waals surface area contributed by atoms with Gasteiger partial charge in [-0.25, -0.2) is 4.98 Å². The standard InChI is InChI=1S/C7H11N3OS/c1-10-4-3-9-7(10)12-5-2-6(8)11/h3-4H,2,5H2,1H3,(H2,8,11). The van der Waals surface area contributed by atoms with Gasteiger partial charge in [0.2, 0.25) is 5.91 Å². The predicted molar refractivity (Wildman–Crippen MR) is 47.7 cm³/mol. The quantitative estimate of drug-likeness (QED) is 0.690. The third-order valence-corrected chi connectivity index (χ3v) is 2.42. The first kappa shape index (κ1) is 9.12. The van der Waals surface area contributed by atoms with Crippen molar-refractivity contribution in [2.45, 2.75) is 11.6 Å². The van der Waals surface area contributed by atoms with Gasteiger partial charge in [0.05, 0.1) is 0 Å². The molecule has 0 spiro atoms. The summed E-state index contributed by atoms with van der Waals surface area (Å²) < 4.78 is 1.91. The normalized spacial score (nSPS) is 10.1. The number of amides is 1. The molecule has 0 aliphatic heterocycles. The molecule has 12 heavy (non-hydrogen) atoms. The molecule has 0 atom stereocenters. The van der Waals surface area contributed by atoms with Gasteiger partial charge in [-0.3, -0.25) is 4.79 Å². The van der Waals surface area contributed by atoms with Crippen molar-refractivity contribution in [3.05, 3.63) is 12.4 Å². The number of imidazole rings is 1. The van der Waals surface area contributed by atoms with Crippen molar-refractivity contribution >= 4 is 17.7 Å². The van der Waals surface area contributed by atoms with Gasteiger partial charge in [0.1, 0.15) is 0 Å². The molecule has 0 aliphatic carbocycles. The number of nitrogens with two attached hydrogens (primary N) is 1. The van der Waals surface area contributed by atoms with Gasteiger partial charge in [-0.1, -0.05) is 11.8 Å². The SMILES string of the molecule is Cn1ccnc1SCCC(N)=O. The van der Waals surface area contributed by atoms with Gasteiger partial charge >= 0.3 is 0 Å². The molecule has 0 unspecified atom stereocenters. The van der Waals surface area contributed by atoms with Crippen LogP contribution in [0.3, 0.4) is 0 Å². The second-order valence-corrected chi connectivity index (χ2v) is 3.45. The highest BCUT2D eigenvalue weighted by Gasteiger charge is 2.00. The van der Waals surface area contributed by atoms with Crippen LogP contribution in [0.15, 0.2) is 17.6 Å². The van der Waals surface area contributed by atoms with Crippen LogP contribution in [-0.2, 0) is 11.8 Å². The van der Waals surface area contributed by atoms with Gasteiger partial charge in [0.15, 0.2) is 5.16 Å². The van der Waals surface area contributed by atoms with Crippen LogP contribution in [0.25, 0.3) is 0 Å². The van der Waals surface area contributed by atoms with Crippen LogP contribution in [-0.4, -0.2) is 21.2 Å². The van der Waals surface area contributed by atoms with Crippen LogP contribution in [0.2, 0.25) is 0 Å². The van der Waals surface area contributed by atoms with Gasteiger partial charge in [0, 0.05) is 31.6 Å². The zero-order valence-electron chi connectivity index (χ0n) is 6.86. The molecule has 0 saturated carbocycles. The molecule has 2 N–H and O–H groups in total. The van der Waals surface area contributed by atoms with Crippen LogP contribution in [0, 0.1) is 0 Å². The Bertz CT molecular complexity index is 271. The van der Waals surface area contributed by atoms with Crippen molar-refractivity contribution in [2.75, 3.05) is 5.75 Å². The molecule has 1 aromatic rings. The summed E-state index contributed by atoms with van der Waals surface area (Å²) in [5.41, 5.74) is 4.99. The summed E-state index contributed by atoms with van der Waals surface area (Å²) in [6, 6.07) is 0. The van der Waals surface area contributed by atoms with Gasteiger partial charge in [-0.05, 0) is 0 Å². The Balaban J connectivity index is 2.33. The van der Waals surface area contributed by atoms with Gasteiger partial charge in [-0.15, -0.1) is 0 Å². The second kappa shape index (κ2) is 4.15. The molecule has 0 bridgehead atoms. The molecular formula is C7H11N3OS. The molecule has 1 amide bonds. The molecule has 0 radical (unpaired) electrons. The number of thioether (sulfide) groups is 1. The molecule has 1 rings (SSSR count). The topological polar surface area (TPSA) is 60.9 Å². The molecule has 0 aromatic carbocycles. The number of rotatable bonds is 4. The maximum absolute atomic E-state index is 10.4. The Morgan fingerprint density at radius 3 is 3.08 bits per heavy atom. The molecular weight excluding hydrogens is 174 g/mol. The summed E-state index contributed by atoms with van der Waals surface area (Å²) in [6.45, 7) is 0. The highest BCUT2D eigenvalue weighted by Crippen LogP contribution is 2.14. The minimum atomic E-state index is -0.267. The average Bonchev–Trinajstić information content (AvgIpc) is 2.36. The zero-order valence-corrected chi connectivity index (χ0v) is 7.67. The van der Waals surface area contributed by atoms with E-state index in [1.807, 2.05) is 17.8 Å². The smallest absolute Gasteiger partial charge is 0.218 e. The van der Waals surface area contributed by atoms with E-state index in [1.54, 1.807) is 6.20 Å². The van der Waals surface area contributed by atoms with E-state index >= 15 is 0 Å². The number of carbonyl (C=O) groups is 1. The van der Waals surface area contributed by atoms with E-state index < -0.39 is 0 Å². The zero-order chi connectivity index (χ0) is 8.97.